The maximum absolute atomic E-state index is 13.4. The minimum absolute atomic E-state index is 0.170. The van der Waals surface area contributed by atoms with Crippen LogP contribution in [0.4, 0.5) is 0 Å². The van der Waals surface area contributed by atoms with Gasteiger partial charge in [0.2, 0.25) is 15.8 Å². The number of nitrogens with zero attached hydrogens (tertiary/aromatic N) is 3. The van der Waals surface area contributed by atoms with Crippen LogP contribution >= 0.6 is 0 Å². The second-order valence-electron chi connectivity index (χ2n) is 7.84. The summed E-state index contributed by atoms with van der Waals surface area (Å²) >= 11 is 0. The number of hydrogen-bond acceptors (Lipinski definition) is 6. The van der Waals surface area contributed by atoms with Gasteiger partial charge in [0.15, 0.2) is 11.5 Å². The van der Waals surface area contributed by atoms with Crippen LogP contribution in [0.5, 0.6) is 0 Å². The highest BCUT2D eigenvalue weighted by Gasteiger charge is 2.33. The number of aryl methyl sites for hydroxylation is 2. The van der Waals surface area contributed by atoms with Crippen molar-refractivity contribution in [3.05, 3.63) is 58.5 Å². The maximum atomic E-state index is 13.4. The SMILES string of the molecule is Cc1cc(C)c(C)c(S(=O)(=O)N2CCN(C(=O)c3cc(-c4ccco4)on3)CC2)c1C. The Balaban J connectivity index is 1.49. The summed E-state index contributed by atoms with van der Waals surface area (Å²) < 4.78 is 38.7. The van der Waals surface area contributed by atoms with Crippen molar-refractivity contribution >= 4 is 15.9 Å². The molecule has 0 spiro atoms. The van der Waals surface area contributed by atoms with Crippen molar-refractivity contribution in [2.45, 2.75) is 32.6 Å². The third-order valence-electron chi connectivity index (χ3n) is 5.91. The molecule has 1 fully saturated rings. The zero-order valence-electron chi connectivity index (χ0n) is 18.0. The van der Waals surface area contributed by atoms with Gasteiger partial charge in [-0.2, -0.15) is 4.31 Å². The van der Waals surface area contributed by atoms with Crippen LogP contribution in [0.25, 0.3) is 11.5 Å². The molecule has 0 unspecified atom stereocenters. The molecule has 0 radical (unpaired) electrons. The molecule has 0 aliphatic carbocycles. The number of hydrogen-bond donors (Lipinski definition) is 0. The fraction of sp³-hybridized carbons (Fsp3) is 0.364. The number of aromatic nitrogens is 1. The second-order valence-corrected chi connectivity index (χ2v) is 9.71. The lowest BCUT2D eigenvalue weighted by Crippen LogP contribution is -2.50. The quantitative estimate of drug-likeness (QED) is 0.614. The molecule has 2 aromatic heterocycles. The predicted octanol–water partition coefficient (Wildman–Crippen LogP) is 3.31. The summed E-state index contributed by atoms with van der Waals surface area (Å²) in [5.41, 5.74) is 3.62. The van der Waals surface area contributed by atoms with E-state index in [-0.39, 0.29) is 37.8 Å². The highest BCUT2D eigenvalue weighted by Crippen LogP contribution is 2.29. The Kier molecular flexibility index (Phi) is 5.49. The molecule has 1 saturated heterocycles. The van der Waals surface area contributed by atoms with Gasteiger partial charge in [0, 0.05) is 32.2 Å². The van der Waals surface area contributed by atoms with Crippen LogP contribution < -0.4 is 0 Å². The van der Waals surface area contributed by atoms with Crippen molar-refractivity contribution in [2.75, 3.05) is 26.2 Å². The lowest BCUT2D eigenvalue weighted by Gasteiger charge is -2.34. The average Bonchev–Trinajstić information content (AvgIpc) is 3.44. The predicted molar refractivity (Wildman–Crippen MR) is 114 cm³/mol. The van der Waals surface area contributed by atoms with Gasteiger partial charge in [-0.1, -0.05) is 11.2 Å². The first kappa shape index (κ1) is 21.3. The summed E-state index contributed by atoms with van der Waals surface area (Å²) in [6.45, 7) is 8.54. The fourth-order valence-corrected chi connectivity index (χ4v) is 5.90. The summed E-state index contributed by atoms with van der Waals surface area (Å²) in [4.78, 5) is 14.8. The topological polar surface area (TPSA) is 96.9 Å². The van der Waals surface area contributed by atoms with Crippen molar-refractivity contribution in [3.63, 3.8) is 0 Å². The third kappa shape index (κ3) is 3.79. The molecular formula is C22H25N3O5S. The van der Waals surface area contributed by atoms with E-state index in [0.717, 1.165) is 22.3 Å². The Morgan fingerprint density at radius 2 is 1.61 bits per heavy atom. The van der Waals surface area contributed by atoms with Crippen LogP contribution in [0.2, 0.25) is 0 Å². The zero-order valence-corrected chi connectivity index (χ0v) is 18.8. The van der Waals surface area contributed by atoms with E-state index in [1.165, 1.54) is 16.6 Å². The summed E-state index contributed by atoms with van der Waals surface area (Å²) in [7, 11) is -3.66. The molecule has 4 rings (SSSR count). The van der Waals surface area contributed by atoms with Gasteiger partial charge < -0.3 is 13.8 Å². The van der Waals surface area contributed by atoms with E-state index < -0.39 is 10.0 Å². The molecule has 31 heavy (non-hydrogen) atoms. The third-order valence-corrected chi connectivity index (χ3v) is 8.09. The number of carbonyl (C=O) groups excluding carboxylic acids is 1. The molecule has 0 N–H and O–H groups in total. The number of amides is 1. The van der Waals surface area contributed by atoms with Crippen molar-refractivity contribution in [2.24, 2.45) is 0 Å². The first-order valence-electron chi connectivity index (χ1n) is 10.1. The van der Waals surface area contributed by atoms with Gasteiger partial charge in [0.1, 0.15) is 0 Å². The smallest absolute Gasteiger partial charge is 0.276 e. The molecule has 0 bridgehead atoms. The number of carbonyl (C=O) groups is 1. The van der Waals surface area contributed by atoms with Gasteiger partial charge in [-0.25, -0.2) is 8.42 Å². The standard InChI is InChI=1S/C22H25N3O5S/c1-14-12-15(2)17(4)21(16(14)3)31(27,28)25-9-7-24(8-10-25)22(26)18-13-20(30-23-18)19-6-5-11-29-19/h5-6,11-13H,7-10H2,1-4H3. The number of sulfonamides is 1. The maximum Gasteiger partial charge on any atom is 0.276 e. The van der Waals surface area contributed by atoms with Gasteiger partial charge in [-0.05, 0) is 62.1 Å². The highest BCUT2D eigenvalue weighted by molar-refractivity contribution is 7.89. The summed E-state index contributed by atoms with van der Waals surface area (Å²) in [5.74, 6) is 0.564. The Bertz CT molecular complexity index is 1190. The number of furan rings is 1. The molecule has 9 heteroatoms. The average molecular weight is 444 g/mol. The Morgan fingerprint density at radius 1 is 0.968 bits per heavy atom. The second kappa shape index (κ2) is 7.97. The lowest BCUT2D eigenvalue weighted by atomic mass is 10.0. The molecule has 3 heterocycles. The molecule has 1 amide bonds. The van der Waals surface area contributed by atoms with E-state index in [2.05, 4.69) is 5.16 Å². The molecule has 1 aliphatic rings. The molecule has 0 saturated carbocycles. The number of piperazine rings is 1. The summed E-state index contributed by atoms with van der Waals surface area (Å²) in [5, 5.41) is 3.85. The minimum atomic E-state index is -3.66. The van der Waals surface area contributed by atoms with Gasteiger partial charge in [0.25, 0.3) is 5.91 Å². The van der Waals surface area contributed by atoms with Crippen LogP contribution in [0.3, 0.4) is 0 Å². The lowest BCUT2D eigenvalue weighted by molar-refractivity contribution is 0.0687. The van der Waals surface area contributed by atoms with Crippen LogP contribution in [0, 0.1) is 27.7 Å². The van der Waals surface area contributed by atoms with Crippen LogP contribution in [-0.2, 0) is 10.0 Å². The van der Waals surface area contributed by atoms with E-state index in [1.807, 2.05) is 33.8 Å². The zero-order chi connectivity index (χ0) is 22.3. The minimum Gasteiger partial charge on any atom is -0.461 e. The molecule has 1 aromatic carbocycles. The Labute approximate surface area is 181 Å². The van der Waals surface area contributed by atoms with Gasteiger partial charge in [0.05, 0.1) is 11.2 Å². The molecule has 3 aromatic rings. The van der Waals surface area contributed by atoms with Crippen molar-refractivity contribution in [1.29, 1.82) is 0 Å². The molecule has 164 valence electrons. The normalized spacial score (nSPS) is 15.4. The molecular weight excluding hydrogens is 418 g/mol. The first-order chi connectivity index (χ1) is 14.7. The fourth-order valence-electron chi connectivity index (χ4n) is 3.90. The molecule has 0 atom stereocenters. The van der Waals surface area contributed by atoms with Gasteiger partial charge in [-0.3, -0.25) is 4.79 Å². The van der Waals surface area contributed by atoms with Crippen molar-refractivity contribution in [3.8, 4) is 11.5 Å². The van der Waals surface area contributed by atoms with Crippen LogP contribution in [-0.4, -0.2) is 54.9 Å². The van der Waals surface area contributed by atoms with E-state index in [4.69, 9.17) is 8.94 Å². The highest BCUT2D eigenvalue weighted by atomic mass is 32.2. The monoisotopic (exact) mass is 443 g/mol. The van der Waals surface area contributed by atoms with Gasteiger partial charge >= 0.3 is 0 Å². The van der Waals surface area contributed by atoms with E-state index >= 15 is 0 Å². The van der Waals surface area contributed by atoms with Crippen molar-refractivity contribution in [1.82, 2.24) is 14.4 Å². The van der Waals surface area contributed by atoms with Crippen molar-refractivity contribution < 1.29 is 22.2 Å². The molecule has 8 nitrogen and oxygen atoms in total. The summed E-state index contributed by atoms with van der Waals surface area (Å²) in [6.07, 6.45) is 1.51. The number of benzene rings is 1. The Morgan fingerprint density at radius 3 is 2.19 bits per heavy atom. The van der Waals surface area contributed by atoms with Gasteiger partial charge in [-0.15, -0.1) is 0 Å². The van der Waals surface area contributed by atoms with E-state index in [9.17, 15) is 13.2 Å². The Hall–Kier alpha value is -2.91. The first-order valence-corrected chi connectivity index (χ1v) is 11.5. The largest absolute Gasteiger partial charge is 0.461 e. The molecule has 1 aliphatic heterocycles. The van der Waals surface area contributed by atoms with E-state index in [1.54, 1.807) is 17.0 Å². The van der Waals surface area contributed by atoms with Crippen LogP contribution in [0.1, 0.15) is 32.7 Å². The van der Waals surface area contributed by atoms with E-state index in [0.29, 0.717) is 16.4 Å². The number of rotatable bonds is 4. The summed E-state index contributed by atoms with van der Waals surface area (Å²) in [6, 6.07) is 6.98. The van der Waals surface area contributed by atoms with Crippen LogP contribution in [0.15, 0.2) is 44.4 Å².